The minimum atomic E-state index is -4.59. The van der Waals surface area contributed by atoms with Gasteiger partial charge in [-0.25, -0.2) is 4.79 Å². The van der Waals surface area contributed by atoms with Crippen LogP contribution in [0.25, 0.3) is 11.1 Å². The van der Waals surface area contributed by atoms with Crippen molar-refractivity contribution in [2.24, 2.45) is 5.73 Å². The molecule has 30 heavy (non-hydrogen) atoms. The van der Waals surface area contributed by atoms with Crippen LogP contribution in [0.5, 0.6) is 5.75 Å². The largest absolute Gasteiger partial charge is 0.416 e. The van der Waals surface area contributed by atoms with E-state index in [2.05, 4.69) is 5.32 Å². The summed E-state index contributed by atoms with van der Waals surface area (Å²) in [5, 5.41) is 2.58. The summed E-state index contributed by atoms with van der Waals surface area (Å²) in [7, 11) is 0. The van der Waals surface area contributed by atoms with Crippen molar-refractivity contribution >= 4 is 17.7 Å². The van der Waals surface area contributed by atoms with Gasteiger partial charge in [0.1, 0.15) is 5.75 Å². The summed E-state index contributed by atoms with van der Waals surface area (Å²) >= 11 is 0. The van der Waals surface area contributed by atoms with Gasteiger partial charge in [0.05, 0.1) is 5.56 Å². The third kappa shape index (κ3) is 4.78. The molecular weight excluding hydrogens is 397 g/mol. The van der Waals surface area contributed by atoms with Crippen LogP contribution in [0.1, 0.15) is 21.5 Å². The fourth-order valence-corrected chi connectivity index (χ4v) is 3.04. The van der Waals surface area contributed by atoms with Gasteiger partial charge in [0, 0.05) is 11.3 Å². The zero-order valence-corrected chi connectivity index (χ0v) is 15.8. The second-order valence-corrected chi connectivity index (χ2v) is 6.48. The highest BCUT2D eigenvalue weighted by molar-refractivity contribution is 6.09. The molecule has 0 saturated carbocycles. The maximum Gasteiger partial charge on any atom is 0.416 e. The summed E-state index contributed by atoms with van der Waals surface area (Å²) in [6.07, 6.45) is -5.58. The predicted molar refractivity (Wildman–Crippen MR) is 106 cm³/mol. The predicted octanol–water partition coefficient (Wildman–Crippen LogP) is 5.39. The highest BCUT2D eigenvalue weighted by Crippen LogP contribution is 2.36. The van der Waals surface area contributed by atoms with Crippen LogP contribution in [0.4, 0.5) is 23.7 Å². The number of aryl methyl sites for hydroxylation is 1. The molecule has 3 aromatic carbocycles. The number of nitrogens with two attached hydrogens (primary N) is 1. The number of ether oxygens (including phenoxy) is 1. The van der Waals surface area contributed by atoms with Crippen molar-refractivity contribution in [2.45, 2.75) is 13.1 Å². The standard InChI is InChI=1S/C22H17F3N2O3/c1-13-11-15(22(23,24)25)12-18(19(13)14-5-3-2-4-6-14)20(28)27-16-7-9-17(10-8-16)30-21(26)29/h2-12H,1H3,(H2,26,29)(H,27,28). The van der Waals surface area contributed by atoms with Gasteiger partial charge in [0.25, 0.3) is 5.91 Å². The van der Waals surface area contributed by atoms with Crippen LogP contribution in [0.15, 0.2) is 66.7 Å². The molecule has 154 valence electrons. The normalized spacial score (nSPS) is 11.1. The summed E-state index contributed by atoms with van der Waals surface area (Å²) in [5.74, 6) is -0.535. The Balaban J connectivity index is 2.01. The van der Waals surface area contributed by atoms with Crippen molar-refractivity contribution in [2.75, 3.05) is 5.32 Å². The topological polar surface area (TPSA) is 81.4 Å². The molecule has 0 bridgehead atoms. The second kappa shape index (κ2) is 8.28. The Kier molecular flexibility index (Phi) is 5.77. The molecule has 5 nitrogen and oxygen atoms in total. The van der Waals surface area contributed by atoms with Crippen LogP contribution < -0.4 is 15.8 Å². The second-order valence-electron chi connectivity index (χ2n) is 6.48. The van der Waals surface area contributed by atoms with Crippen LogP contribution in [0.2, 0.25) is 0 Å². The Labute approximate surface area is 170 Å². The molecule has 3 rings (SSSR count). The Morgan fingerprint density at radius 3 is 2.17 bits per heavy atom. The highest BCUT2D eigenvalue weighted by Gasteiger charge is 2.33. The van der Waals surface area contributed by atoms with Gasteiger partial charge >= 0.3 is 12.3 Å². The Morgan fingerprint density at radius 1 is 0.967 bits per heavy atom. The van der Waals surface area contributed by atoms with Gasteiger partial charge in [0.15, 0.2) is 0 Å². The number of anilines is 1. The van der Waals surface area contributed by atoms with E-state index in [1.54, 1.807) is 30.3 Å². The van der Waals surface area contributed by atoms with Crippen molar-refractivity contribution in [3.05, 3.63) is 83.4 Å². The van der Waals surface area contributed by atoms with Crippen molar-refractivity contribution in [3.63, 3.8) is 0 Å². The molecule has 3 N–H and O–H groups in total. The summed E-state index contributed by atoms with van der Waals surface area (Å²) in [4.78, 5) is 23.7. The molecule has 0 atom stereocenters. The fraction of sp³-hybridized carbons (Fsp3) is 0.0909. The summed E-state index contributed by atoms with van der Waals surface area (Å²) in [6.45, 7) is 1.53. The first-order valence-corrected chi connectivity index (χ1v) is 8.81. The van der Waals surface area contributed by atoms with Crippen molar-refractivity contribution in [1.82, 2.24) is 0 Å². The molecule has 0 aliphatic carbocycles. The smallest absolute Gasteiger partial charge is 0.411 e. The lowest BCUT2D eigenvalue weighted by molar-refractivity contribution is -0.137. The fourth-order valence-electron chi connectivity index (χ4n) is 3.04. The Hall–Kier alpha value is -3.81. The lowest BCUT2D eigenvalue weighted by Crippen LogP contribution is -2.17. The number of hydrogen-bond donors (Lipinski definition) is 2. The van der Waals surface area contributed by atoms with E-state index in [1.807, 2.05) is 0 Å². The van der Waals surface area contributed by atoms with Gasteiger partial charge in [-0.2, -0.15) is 13.2 Å². The number of hydrogen-bond acceptors (Lipinski definition) is 3. The number of nitrogens with one attached hydrogen (secondary N) is 1. The molecule has 8 heteroatoms. The maximum absolute atomic E-state index is 13.3. The number of primary amides is 1. The SMILES string of the molecule is Cc1cc(C(F)(F)F)cc(C(=O)Nc2ccc(OC(N)=O)cc2)c1-c1ccccc1. The first kappa shape index (κ1) is 20.9. The van der Waals surface area contributed by atoms with Crippen molar-refractivity contribution < 1.29 is 27.5 Å². The quantitative estimate of drug-likeness (QED) is 0.601. The molecule has 0 unspecified atom stereocenters. The summed E-state index contributed by atoms with van der Waals surface area (Å²) in [6, 6.07) is 16.3. The van der Waals surface area contributed by atoms with E-state index >= 15 is 0 Å². The first-order chi connectivity index (χ1) is 14.1. The summed E-state index contributed by atoms with van der Waals surface area (Å²) < 4.78 is 44.7. The molecule has 0 spiro atoms. The third-order valence-corrected chi connectivity index (χ3v) is 4.30. The molecule has 0 radical (unpaired) electrons. The van der Waals surface area contributed by atoms with E-state index in [0.717, 1.165) is 12.1 Å². The Morgan fingerprint density at radius 2 is 1.60 bits per heavy atom. The highest BCUT2D eigenvalue weighted by atomic mass is 19.4. The minimum absolute atomic E-state index is 0.106. The lowest BCUT2D eigenvalue weighted by atomic mass is 9.92. The molecule has 0 aromatic heterocycles. The number of rotatable bonds is 4. The zero-order valence-electron chi connectivity index (χ0n) is 15.8. The lowest BCUT2D eigenvalue weighted by Gasteiger charge is -2.17. The molecule has 0 fully saturated rings. The van der Waals surface area contributed by atoms with Crippen LogP contribution in [0.3, 0.4) is 0 Å². The van der Waals surface area contributed by atoms with Crippen LogP contribution in [-0.4, -0.2) is 12.0 Å². The molecule has 0 saturated heterocycles. The average Bonchev–Trinajstić information content (AvgIpc) is 2.68. The summed E-state index contributed by atoms with van der Waals surface area (Å²) in [5.41, 5.74) is 5.59. The molecule has 3 aromatic rings. The van der Waals surface area contributed by atoms with Gasteiger partial charge in [-0.15, -0.1) is 0 Å². The number of halogens is 3. The number of carbonyl (C=O) groups is 2. The van der Waals surface area contributed by atoms with Crippen LogP contribution >= 0.6 is 0 Å². The van der Waals surface area contributed by atoms with E-state index in [9.17, 15) is 22.8 Å². The molecule has 0 heterocycles. The van der Waals surface area contributed by atoms with E-state index in [0.29, 0.717) is 22.4 Å². The van der Waals surface area contributed by atoms with E-state index in [4.69, 9.17) is 10.5 Å². The van der Waals surface area contributed by atoms with Gasteiger partial charge in [-0.05, 0) is 60.0 Å². The van der Waals surface area contributed by atoms with Crippen molar-refractivity contribution in [1.29, 1.82) is 0 Å². The third-order valence-electron chi connectivity index (χ3n) is 4.30. The molecule has 0 aliphatic heterocycles. The van der Waals surface area contributed by atoms with E-state index in [1.165, 1.54) is 31.2 Å². The average molecular weight is 414 g/mol. The first-order valence-electron chi connectivity index (χ1n) is 8.81. The van der Waals surface area contributed by atoms with Gasteiger partial charge in [-0.1, -0.05) is 30.3 Å². The van der Waals surface area contributed by atoms with Gasteiger partial charge in [-0.3, -0.25) is 4.79 Å². The van der Waals surface area contributed by atoms with E-state index in [-0.39, 0.29) is 11.3 Å². The maximum atomic E-state index is 13.3. The minimum Gasteiger partial charge on any atom is -0.411 e. The zero-order chi connectivity index (χ0) is 21.9. The van der Waals surface area contributed by atoms with Crippen LogP contribution in [-0.2, 0) is 6.18 Å². The monoisotopic (exact) mass is 414 g/mol. The van der Waals surface area contributed by atoms with Crippen molar-refractivity contribution in [3.8, 4) is 16.9 Å². The Bertz CT molecular complexity index is 1080. The number of amides is 2. The van der Waals surface area contributed by atoms with Gasteiger partial charge in [0.2, 0.25) is 0 Å². The van der Waals surface area contributed by atoms with E-state index < -0.39 is 23.7 Å². The number of alkyl halides is 3. The van der Waals surface area contributed by atoms with Gasteiger partial charge < -0.3 is 15.8 Å². The molecule has 0 aliphatic rings. The molecular formula is C22H17F3N2O3. The van der Waals surface area contributed by atoms with Crippen LogP contribution in [0, 0.1) is 6.92 Å². The molecule has 2 amide bonds. The number of carbonyl (C=O) groups excluding carboxylic acids is 2. The number of benzene rings is 3.